The second-order valence-electron chi connectivity index (χ2n) is 4.71. The van der Waals surface area contributed by atoms with Crippen molar-refractivity contribution < 1.29 is 4.74 Å². The molecular formula is C16H23N3O. The van der Waals surface area contributed by atoms with Gasteiger partial charge in [-0.3, -0.25) is 4.68 Å². The molecule has 1 N–H and O–H groups in total. The predicted molar refractivity (Wildman–Crippen MR) is 81.0 cm³/mol. The van der Waals surface area contributed by atoms with Crippen molar-refractivity contribution in [2.75, 3.05) is 13.7 Å². The van der Waals surface area contributed by atoms with E-state index in [4.69, 9.17) is 4.74 Å². The van der Waals surface area contributed by atoms with Gasteiger partial charge in [-0.25, -0.2) is 0 Å². The first kappa shape index (κ1) is 14.6. The molecule has 0 bridgehead atoms. The molecule has 0 aliphatic carbocycles. The Balaban J connectivity index is 2.43. The van der Waals surface area contributed by atoms with Gasteiger partial charge in [0.05, 0.1) is 19.3 Å². The summed E-state index contributed by atoms with van der Waals surface area (Å²) >= 11 is 0. The van der Waals surface area contributed by atoms with E-state index in [9.17, 15) is 0 Å². The molecule has 20 heavy (non-hydrogen) atoms. The van der Waals surface area contributed by atoms with Crippen LogP contribution >= 0.6 is 0 Å². The summed E-state index contributed by atoms with van der Waals surface area (Å²) in [6.45, 7) is 6.05. The van der Waals surface area contributed by atoms with Crippen LogP contribution in [0.2, 0.25) is 0 Å². The molecule has 0 saturated heterocycles. The summed E-state index contributed by atoms with van der Waals surface area (Å²) in [5.74, 6) is 0.837. The third-order valence-corrected chi connectivity index (χ3v) is 3.37. The van der Waals surface area contributed by atoms with E-state index in [1.54, 1.807) is 13.3 Å². The normalized spacial score (nSPS) is 12.3. The van der Waals surface area contributed by atoms with Gasteiger partial charge >= 0.3 is 0 Å². The van der Waals surface area contributed by atoms with Crippen LogP contribution in [0.1, 0.15) is 37.6 Å². The molecule has 0 saturated carbocycles. The highest BCUT2D eigenvalue weighted by Crippen LogP contribution is 2.29. The summed E-state index contributed by atoms with van der Waals surface area (Å²) < 4.78 is 7.49. The molecule has 0 radical (unpaired) electrons. The molecule has 2 aromatic rings. The van der Waals surface area contributed by atoms with E-state index in [1.165, 1.54) is 5.56 Å². The van der Waals surface area contributed by atoms with Crippen LogP contribution in [0.15, 0.2) is 36.5 Å². The topological polar surface area (TPSA) is 39.1 Å². The molecule has 0 aliphatic heterocycles. The fourth-order valence-corrected chi connectivity index (χ4v) is 2.38. The lowest BCUT2D eigenvalue weighted by molar-refractivity contribution is 0.398. The van der Waals surface area contributed by atoms with E-state index in [-0.39, 0.29) is 6.04 Å². The Hall–Kier alpha value is -1.81. The van der Waals surface area contributed by atoms with Crippen molar-refractivity contribution in [2.45, 2.75) is 32.9 Å². The maximum atomic E-state index is 5.49. The summed E-state index contributed by atoms with van der Waals surface area (Å²) in [6, 6.07) is 10.5. The highest BCUT2D eigenvalue weighted by molar-refractivity contribution is 5.36. The number of ether oxygens (including phenoxy) is 1. The van der Waals surface area contributed by atoms with E-state index in [1.807, 2.05) is 10.7 Å². The maximum Gasteiger partial charge on any atom is 0.161 e. The molecule has 4 heteroatoms. The first-order valence-corrected chi connectivity index (χ1v) is 7.19. The minimum Gasteiger partial charge on any atom is -0.493 e. The van der Waals surface area contributed by atoms with Crippen molar-refractivity contribution in [2.24, 2.45) is 0 Å². The molecule has 0 fully saturated rings. The second kappa shape index (κ2) is 7.10. The van der Waals surface area contributed by atoms with Gasteiger partial charge in [-0.2, -0.15) is 5.10 Å². The fraction of sp³-hybridized carbons (Fsp3) is 0.438. The molecule has 1 aromatic carbocycles. The molecule has 4 nitrogen and oxygen atoms in total. The van der Waals surface area contributed by atoms with Crippen molar-refractivity contribution >= 4 is 0 Å². The van der Waals surface area contributed by atoms with Crippen LogP contribution < -0.4 is 10.1 Å². The zero-order valence-corrected chi connectivity index (χ0v) is 12.5. The van der Waals surface area contributed by atoms with Gasteiger partial charge in [-0.05, 0) is 25.5 Å². The monoisotopic (exact) mass is 273 g/mol. The largest absolute Gasteiger partial charge is 0.493 e. The van der Waals surface area contributed by atoms with E-state index in [0.29, 0.717) is 0 Å². The number of benzene rings is 1. The average molecular weight is 273 g/mol. The fourth-order valence-electron chi connectivity index (χ4n) is 2.38. The van der Waals surface area contributed by atoms with Gasteiger partial charge in [0.2, 0.25) is 0 Å². The van der Waals surface area contributed by atoms with E-state index < -0.39 is 0 Å². The Morgan fingerprint density at radius 2 is 2.00 bits per heavy atom. The standard InChI is InChI=1S/C16H23N3O/c1-4-11-17-15(13-9-7-6-8-10-13)16-14(20-3)12-18-19(16)5-2/h6-10,12,15,17H,4-5,11H2,1-3H3. The van der Waals surface area contributed by atoms with Gasteiger partial charge in [-0.15, -0.1) is 0 Å². The lowest BCUT2D eigenvalue weighted by Gasteiger charge is -2.21. The van der Waals surface area contributed by atoms with Crippen molar-refractivity contribution in [3.05, 3.63) is 47.8 Å². The number of aromatic nitrogens is 2. The summed E-state index contributed by atoms with van der Waals surface area (Å²) in [4.78, 5) is 0. The highest BCUT2D eigenvalue weighted by Gasteiger charge is 2.22. The Bertz CT molecular complexity index is 500. The second-order valence-corrected chi connectivity index (χ2v) is 4.71. The van der Waals surface area contributed by atoms with Crippen LogP contribution in [0.25, 0.3) is 0 Å². The van der Waals surface area contributed by atoms with E-state index >= 15 is 0 Å². The van der Waals surface area contributed by atoms with Crippen LogP contribution in [0.4, 0.5) is 0 Å². The number of aryl methyl sites for hydroxylation is 1. The van der Waals surface area contributed by atoms with Gasteiger partial charge < -0.3 is 10.1 Å². The lowest BCUT2D eigenvalue weighted by atomic mass is 10.0. The van der Waals surface area contributed by atoms with Crippen LogP contribution in [-0.4, -0.2) is 23.4 Å². The summed E-state index contributed by atoms with van der Waals surface area (Å²) in [5, 5.41) is 8.01. The number of hydrogen-bond acceptors (Lipinski definition) is 3. The first-order chi connectivity index (χ1) is 9.81. The zero-order chi connectivity index (χ0) is 14.4. The zero-order valence-electron chi connectivity index (χ0n) is 12.5. The van der Waals surface area contributed by atoms with Crippen molar-refractivity contribution in [1.82, 2.24) is 15.1 Å². The summed E-state index contributed by atoms with van der Waals surface area (Å²) in [7, 11) is 1.70. The van der Waals surface area contributed by atoms with Crippen LogP contribution in [0, 0.1) is 0 Å². The molecule has 0 spiro atoms. The molecule has 0 aliphatic rings. The molecule has 1 atom stereocenters. The van der Waals surface area contributed by atoms with Crippen LogP contribution in [-0.2, 0) is 6.54 Å². The average Bonchev–Trinajstić information content (AvgIpc) is 2.92. The van der Waals surface area contributed by atoms with Crippen molar-refractivity contribution in [3.8, 4) is 5.75 Å². The van der Waals surface area contributed by atoms with Gasteiger partial charge in [0.15, 0.2) is 5.75 Å². The highest BCUT2D eigenvalue weighted by atomic mass is 16.5. The molecule has 108 valence electrons. The Morgan fingerprint density at radius 3 is 2.60 bits per heavy atom. The summed E-state index contributed by atoms with van der Waals surface area (Å²) in [6.07, 6.45) is 2.88. The van der Waals surface area contributed by atoms with E-state index in [0.717, 1.165) is 31.0 Å². The van der Waals surface area contributed by atoms with Gasteiger partial charge in [0.25, 0.3) is 0 Å². The van der Waals surface area contributed by atoms with Gasteiger partial charge in [0, 0.05) is 6.54 Å². The number of nitrogens with one attached hydrogen (secondary N) is 1. The van der Waals surface area contributed by atoms with Gasteiger partial charge in [0.1, 0.15) is 5.69 Å². The molecule has 1 heterocycles. The number of hydrogen-bond donors (Lipinski definition) is 1. The Morgan fingerprint density at radius 1 is 1.25 bits per heavy atom. The van der Waals surface area contributed by atoms with Gasteiger partial charge in [-0.1, -0.05) is 37.3 Å². The van der Waals surface area contributed by atoms with E-state index in [2.05, 4.69) is 48.5 Å². The Labute approximate surface area is 120 Å². The van der Waals surface area contributed by atoms with Crippen molar-refractivity contribution in [1.29, 1.82) is 0 Å². The molecular weight excluding hydrogens is 250 g/mol. The van der Waals surface area contributed by atoms with Crippen LogP contribution in [0.5, 0.6) is 5.75 Å². The molecule has 1 aromatic heterocycles. The maximum absolute atomic E-state index is 5.49. The number of methoxy groups -OCH3 is 1. The Kier molecular flexibility index (Phi) is 5.18. The van der Waals surface area contributed by atoms with Crippen molar-refractivity contribution in [3.63, 3.8) is 0 Å². The molecule has 2 rings (SSSR count). The lowest BCUT2D eigenvalue weighted by Crippen LogP contribution is -2.26. The first-order valence-electron chi connectivity index (χ1n) is 7.19. The smallest absolute Gasteiger partial charge is 0.161 e. The third-order valence-electron chi connectivity index (χ3n) is 3.37. The molecule has 1 unspecified atom stereocenters. The van der Waals surface area contributed by atoms with Crippen LogP contribution in [0.3, 0.4) is 0 Å². The minimum atomic E-state index is 0.105. The molecule has 0 amide bonds. The SMILES string of the molecule is CCCNC(c1ccccc1)c1c(OC)cnn1CC. The number of rotatable bonds is 7. The minimum absolute atomic E-state index is 0.105. The quantitative estimate of drug-likeness (QED) is 0.843. The predicted octanol–water partition coefficient (Wildman–Crippen LogP) is 3.00. The summed E-state index contributed by atoms with van der Waals surface area (Å²) in [5.41, 5.74) is 2.32. The third kappa shape index (κ3) is 3.02. The number of nitrogens with zero attached hydrogens (tertiary/aromatic N) is 2.